The van der Waals surface area contributed by atoms with E-state index in [-0.39, 0.29) is 0 Å². The second-order valence-electron chi connectivity index (χ2n) is 6.23. The number of para-hydroxylation sites is 1. The molecular weight excluding hydrogens is 356 g/mol. The molecule has 6 nitrogen and oxygen atoms in total. The average Bonchev–Trinajstić information content (AvgIpc) is 3.10. The van der Waals surface area contributed by atoms with Gasteiger partial charge in [-0.15, -0.1) is 0 Å². The van der Waals surface area contributed by atoms with Gasteiger partial charge in [0.15, 0.2) is 16.8 Å². The molecule has 0 aliphatic rings. The van der Waals surface area contributed by atoms with Crippen molar-refractivity contribution in [3.63, 3.8) is 0 Å². The van der Waals surface area contributed by atoms with Crippen LogP contribution >= 0.6 is 11.3 Å². The lowest BCUT2D eigenvalue weighted by Gasteiger charge is -2.11. The van der Waals surface area contributed by atoms with Crippen molar-refractivity contribution in [2.75, 3.05) is 16.4 Å². The minimum atomic E-state index is 0.452. The standard InChI is InChI=1S/C20H20N6S/c1-3-13-7-9-14(10-8-13)24-18-16(21)19(23-11-22-18)26-20-25-17-12(2)5-4-6-15(17)27-20/h4-11H,3,21H2,1-2H3,(H2,22,23,24,25,26). The van der Waals surface area contributed by atoms with Crippen molar-refractivity contribution in [1.82, 2.24) is 15.0 Å². The maximum Gasteiger partial charge on any atom is 0.189 e. The molecule has 4 aromatic rings. The topological polar surface area (TPSA) is 88.8 Å². The highest BCUT2D eigenvalue weighted by molar-refractivity contribution is 7.22. The number of hydrogen-bond acceptors (Lipinski definition) is 7. The maximum atomic E-state index is 6.29. The summed E-state index contributed by atoms with van der Waals surface area (Å²) in [6.45, 7) is 4.18. The first-order valence-electron chi connectivity index (χ1n) is 8.73. The predicted octanol–water partition coefficient (Wildman–Crippen LogP) is 5.03. The monoisotopic (exact) mass is 376 g/mol. The summed E-state index contributed by atoms with van der Waals surface area (Å²) in [7, 11) is 0. The third-order valence-corrected chi connectivity index (χ3v) is 5.29. The molecule has 0 amide bonds. The Morgan fingerprint density at radius 1 is 1.00 bits per heavy atom. The minimum Gasteiger partial charge on any atom is -0.393 e. The van der Waals surface area contributed by atoms with E-state index in [4.69, 9.17) is 5.73 Å². The zero-order valence-corrected chi connectivity index (χ0v) is 16.0. The second kappa shape index (κ2) is 7.20. The van der Waals surface area contributed by atoms with Crippen LogP contribution in [0.3, 0.4) is 0 Å². The van der Waals surface area contributed by atoms with Crippen molar-refractivity contribution in [3.05, 3.63) is 59.9 Å². The van der Waals surface area contributed by atoms with Gasteiger partial charge in [0.1, 0.15) is 12.0 Å². The van der Waals surface area contributed by atoms with Crippen LogP contribution < -0.4 is 16.4 Å². The molecule has 27 heavy (non-hydrogen) atoms. The average molecular weight is 376 g/mol. The summed E-state index contributed by atoms with van der Waals surface area (Å²) in [5, 5.41) is 7.23. The Kier molecular flexibility index (Phi) is 4.60. The van der Waals surface area contributed by atoms with Crippen molar-refractivity contribution >= 4 is 49.7 Å². The Morgan fingerprint density at radius 2 is 1.74 bits per heavy atom. The van der Waals surface area contributed by atoms with Gasteiger partial charge in [0, 0.05) is 5.69 Å². The van der Waals surface area contributed by atoms with E-state index in [2.05, 4.69) is 63.7 Å². The number of anilines is 5. The summed E-state index contributed by atoms with van der Waals surface area (Å²) in [5.41, 5.74) is 11.1. The number of hydrogen-bond donors (Lipinski definition) is 3. The second-order valence-corrected chi connectivity index (χ2v) is 7.26. The van der Waals surface area contributed by atoms with Crippen LogP contribution in [-0.2, 0) is 6.42 Å². The van der Waals surface area contributed by atoms with Crippen molar-refractivity contribution in [2.24, 2.45) is 0 Å². The van der Waals surface area contributed by atoms with Crippen molar-refractivity contribution in [2.45, 2.75) is 20.3 Å². The van der Waals surface area contributed by atoms with Gasteiger partial charge >= 0.3 is 0 Å². The Hall–Kier alpha value is -3.19. The molecule has 0 aliphatic heterocycles. The first-order chi connectivity index (χ1) is 13.1. The Labute approximate surface area is 161 Å². The Bertz CT molecular complexity index is 1090. The fourth-order valence-corrected chi connectivity index (χ4v) is 3.74. The van der Waals surface area contributed by atoms with E-state index >= 15 is 0 Å². The van der Waals surface area contributed by atoms with Gasteiger partial charge in [0.2, 0.25) is 0 Å². The highest BCUT2D eigenvalue weighted by Crippen LogP contribution is 2.33. The first-order valence-corrected chi connectivity index (χ1v) is 9.55. The highest BCUT2D eigenvalue weighted by Gasteiger charge is 2.12. The summed E-state index contributed by atoms with van der Waals surface area (Å²) >= 11 is 1.57. The lowest BCUT2D eigenvalue weighted by Crippen LogP contribution is -2.05. The molecule has 4 rings (SSSR count). The molecule has 0 atom stereocenters. The maximum absolute atomic E-state index is 6.29. The van der Waals surface area contributed by atoms with Gasteiger partial charge < -0.3 is 16.4 Å². The first kappa shape index (κ1) is 17.2. The largest absolute Gasteiger partial charge is 0.393 e. The van der Waals surface area contributed by atoms with E-state index in [0.717, 1.165) is 33.0 Å². The Morgan fingerprint density at radius 3 is 2.44 bits per heavy atom. The fourth-order valence-electron chi connectivity index (χ4n) is 2.80. The van der Waals surface area contributed by atoms with Crippen molar-refractivity contribution in [1.29, 1.82) is 0 Å². The van der Waals surface area contributed by atoms with Gasteiger partial charge in [0.05, 0.1) is 10.2 Å². The van der Waals surface area contributed by atoms with Gasteiger partial charge in [0.25, 0.3) is 0 Å². The molecular formula is C20H20N6S. The molecule has 136 valence electrons. The van der Waals surface area contributed by atoms with Crippen LogP contribution in [0.15, 0.2) is 48.8 Å². The molecule has 0 aliphatic carbocycles. The van der Waals surface area contributed by atoms with Crippen molar-refractivity contribution in [3.8, 4) is 0 Å². The summed E-state index contributed by atoms with van der Waals surface area (Å²) in [6, 6.07) is 14.3. The van der Waals surface area contributed by atoms with Crippen LogP contribution in [0.1, 0.15) is 18.1 Å². The summed E-state index contributed by atoms with van der Waals surface area (Å²) in [4.78, 5) is 13.2. The van der Waals surface area contributed by atoms with Crippen molar-refractivity contribution < 1.29 is 0 Å². The van der Waals surface area contributed by atoms with Crippen LogP contribution in [0.2, 0.25) is 0 Å². The van der Waals surface area contributed by atoms with E-state index < -0.39 is 0 Å². The number of rotatable bonds is 5. The smallest absolute Gasteiger partial charge is 0.189 e. The van der Waals surface area contributed by atoms with Gasteiger partial charge in [-0.1, -0.05) is 42.5 Å². The van der Waals surface area contributed by atoms with E-state index in [1.165, 1.54) is 11.9 Å². The SMILES string of the molecule is CCc1ccc(Nc2ncnc(Nc3nc4c(C)cccc4s3)c2N)cc1. The molecule has 2 aromatic carbocycles. The van der Waals surface area contributed by atoms with Gasteiger partial charge in [-0.25, -0.2) is 15.0 Å². The molecule has 2 heterocycles. The van der Waals surface area contributed by atoms with Gasteiger partial charge in [-0.05, 0) is 42.7 Å². The summed E-state index contributed by atoms with van der Waals surface area (Å²) in [5.74, 6) is 1.10. The summed E-state index contributed by atoms with van der Waals surface area (Å²) in [6.07, 6.45) is 2.49. The molecule has 0 saturated carbocycles. The number of aryl methyl sites for hydroxylation is 2. The van der Waals surface area contributed by atoms with Crippen LogP contribution in [0, 0.1) is 6.92 Å². The number of nitrogens with one attached hydrogen (secondary N) is 2. The molecule has 0 saturated heterocycles. The number of nitrogen functional groups attached to an aromatic ring is 1. The van der Waals surface area contributed by atoms with Gasteiger partial charge in [-0.3, -0.25) is 0 Å². The van der Waals surface area contributed by atoms with Gasteiger partial charge in [-0.2, -0.15) is 0 Å². The molecule has 0 spiro atoms. The van der Waals surface area contributed by atoms with E-state index in [9.17, 15) is 0 Å². The summed E-state index contributed by atoms with van der Waals surface area (Å²) < 4.78 is 1.12. The molecule has 2 aromatic heterocycles. The zero-order chi connectivity index (χ0) is 18.8. The molecule has 0 bridgehead atoms. The number of aromatic nitrogens is 3. The zero-order valence-electron chi connectivity index (χ0n) is 15.2. The van der Waals surface area contributed by atoms with Crippen LogP contribution in [0.4, 0.5) is 28.1 Å². The normalized spacial score (nSPS) is 10.9. The third kappa shape index (κ3) is 3.54. The lowest BCUT2D eigenvalue weighted by atomic mass is 10.1. The van der Waals surface area contributed by atoms with E-state index in [1.54, 1.807) is 11.3 Å². The molecule has 0 unspecified atom stereocenters. The van der Waals surface area contributed by atoms with Crippen LogP contribution in [0.25, 0.3) is 10.2 Å². The highest BCUT2D eigenvalue weighted by atomic mass is 32.1. The number of nitrogens with two attached hydrogens (primary N) is 1. The number of nitrogens with zero attached hydrogens (tertiary/aromatic N) is 3. The van der Waals surface area contributed by atoms with E-state index in [0.29, 0.717) is 17.3 Å². The fraction of sp³-hybridized carbons (Fsp3) is 0.150. The number of benzene rings is 2. The quantitative estimate of drug-likeness (QED) is 0.453. The van der Waals surface area contributed by atoms with Crippen LogP contribution in [0.5, 0.6) is 0 Å². The molecule has 0 radical (unpaired) electrons. The van der Waals surface area contributed by atoms with E-state index in [1.807, 2.05) is 18.2 Å². The number of thiazole rings is 1. The predicted molar refractivity (Wildman–Crippen MR) is 113 cm³/mol. The lowest BCUT2D eigenvalue weighted by molar-refractivity contribution is 1.14. The minimum absolute atomic E-state index is 0.452. The number of fused-ring (bicyclic) bond motifs is 1. The Balaban J connectivity index is 1.59. The molecule has 0 fully saturated rings. The third-order valence-electron chi connectivity index (χ3n) is 4.35. The van der Waals surface area contributed by atoms with Crippen LogP contribution in [-0.4, -0.2) is 15.0 Å². The molecule has 7 heteroatoms. The molecule has 4 N–H and O–H groups in total.